The summed E-state index contributed by atoms with van der Waals surface area (Å²) in [4.78, 5) is 53.7. The molecule has 42 heavy (non-hydrogen) atoms. The van der Waals surface area contributed by atoms with E-state index < -0.39 is 34.3 Å². The highest BCUT2D eigenvalue weighted by molar-refractivity contribution is 5.83. The van der Waals surface area contributed by atoms with E-state index in [9.17, 15) is 29.7 Å². The van der Waals surface area contributed by atoms with Crippen molar-refractivity contribution in [3.05, 3.63) is 136 Å². The number of rotatable bonds is 2. The zero-order valence-electron chi connectivity index (χ0n) is 21.6. The van der Waals surface area contributed by atoms with Crippen LogP contribution in [0.2, 0.25) is 0 Å². The molecule has 3 aromatic carbocycles. The minimum absolute atomic E-state index is 0.0135. The summed E-state index contributed by atoms with van der Waals surface area (Å²) in [6.45, 7) is 0. The van der Waals surface area contributed by atoms with Crippen molar-refractivity contribution >= 4 is 33.2 Å². The van der Waals surface area contributed by atoms with E-state index in [2.05, 4.69) is 0 Å². The molecular weight excluding hydrogens is 536 g/mol. The molecule has 0 amide bonds. The second-order valence-corrected chi connectivity index (χ2v) is 9.92. The minimum atomic E-state index is -1.00. The van der Waals surface area contributed by atoms with Gasteiger partial charge in [-0.2, -0.15) is 19.9 Å². The Morgan fingerprint density at radius 3 is 1.14 bits per heavy atom. The standard InChI is InChI=1S/C30H18N8O4/c31-13-21-23(35-27(39)17-5-1-3-7-19(17)29(41)37(35)25(21)33)15-9-11-16(12-10-15)24-22(14-32)26(34)38-30(42)20-8-4-2-6-18(20)28(40)36(24)38/h1-12,23-24H,33-34H2. The monoisotopic (exact) mass is 554 g/mol. The summed E-state index contributed by atoms with van der Waals surface area (Å²) in [5.41, 5.74) is 11.3. The first-order chi connectivity index (χ1) is 20.3. The van der Waals surface area contributed by atoms with Gasteiger partial charge in [0, 0.05) is 0 Å². The molecule has 2 atom stereocenters. The third-order valence-corrected chi connectivity index (χ3v) is 7.86. The molecule has 202 valence electrons. The molecule has 2 aliphatic heterocycles. The summed E-state index contributed by atoms with van der Waals surface area (Å²) in [6, 6.07) is 21.2. The first-order valence-electron chi connectivity index (χ1n) is 12.7. The Morgan fingerprint density at radius 1 is 0.524 bits per heavy atom. The Balaban J connectivity index is 1.42. The largest absolute Gasteiger partial charge is 0.383 e. The first-order valence-corrected chi connectivity index (χ1v) is 12.7. The summed E-state index contributed by atoms with van der Waals surface area (Å²) in [7, 11) is 0. The normalized spacial score (nSPS) is 17.4. The van der Waals surface area contributed by atoms with Crippen molar-refractivity contribution in [2.24, 2.45) is 11.5 Å². The van der Waals surface area contributed by atoms with Crippen molar-refractivity contribution < 1.29 is 0 Å². The molecule has 2 unspecified atom stereocenters. The van der Waals surface area contributed by atoms with Gasteiger partial charge in [-0.25, -0.2) is 9.36 Å². The maximum absolute atomic E-state index is 13.6. The molecule has 7 rings (SSSR count). The molecule has 12 heteroatoms. The highest BCUT2D eigenvalue weighted by Gasteiger charge is 2.37. The van der Waals surface area contributed by atoms with Crippen molar-refractivity contribution in [2.45, 2.75) is 12.1 Å². The van der Waals surface area contributed by atoms with Crippen LogP contribution < -0.4 is 33.7 Å². The van der Waals surface area contributed by atoms with Crippen LogP contribution in [0, 0.1) is 22.7 Å². The number of fused-ring (bicyclic) bond motifs is 4. The zero-order chi connectivity index (χ0) is 29.4. The molecule has 0 spiro atoms. The van der Waals surface area contributed by atoms with Crippen molar-refractivity contribution in [1.82, 2.24) is 18.7 Å². The highest BCUT2D eigenvalue weighted by atomic mass is 16.2. The number of allylic oxidation sites excluding steroid dienone is 2. The van der Waals surface area contributed by atoms with Gasteiger partial charge in [-0.15, -0.1) is 0 Å². The molecule has 0 saturated heterocycles. The van der Waals surface area contributed by atoms with Crippen LogP contribution in [0.3, 0.4) is 0 Å². The molecule has 0 aliphatic carbocycles. The fourth-order valence-electron chi connectivity index (χ4n) is 5.95. The molecule has 5 aromatic rings. The van der Waals surface area contributed by atoms with E-state index in [0.29, 0.717) is 11.1 Å². The van der Waals surface area contributed by atoms with Crippen LogP contribution in [0.5, 0.6) is 0 Å². The van der Waals surface area contributed by atoms with E-state index in [1.807, 2.05) is 12.1 Å². The number of benzene rings is 3. The molecule has 4 heterocycles. The predicted octanol–water partition coefficient (Wildman–Crippen LogP) is 1.15. The zero-order valence-corrected chi connectivity index (χ0v) is 21.6. The Hall–Kier alpha value is -6.40. The Morgan fingerprint density at radius 2 is 0.833 bits per heavy atom. The van der Waals surface area contributed by atoms with E-state index in [-0.39, 0.29) is 44.3 Å². The second kappa shape index (κ2) is 8.55. The van der Waals surface area contributed by atoms with E-state index >= 15 is 0 Å². The Kier molecular flexibility index (Phi) is 5.01. The van der Waals surface area contributed by atoms with E-state index in [1.165, 1.54) is 24.3 Å². The highest BCUT2D eigenvalue weighted by Crippen LogP contribution is 2.36. The quantitative estimate of drug-likeness (QED) is 0.325. The number of hydrogen-bond donors (Lipinski definition) is 2. The number of hydrogen-bond acceptors (Lipinski definition) is 8. The van der Waals surface area contributed by atoms with Crippen molar-refractivity contribution in [1.29, 1.82) is 10.5 Å². The van der Waals surface area contributed by atoms with Gasteiger partial charge >= 0.3 is 0 Å². The minimum Gasteiger partial charge on any atom is -0.383 e. The van der Waals surface area contributed by atoms with Gasteiger partial charge in [-0.05, 0) is 35.4 Å². The number of nitrogens with zero attached hydrogens (tertiary/aromatic N) is 6. The Bertz CT molecular complexity index is 2270. The molecule has 0 fully saturated rings. The number of aromatic nitrogens is 4. The lowest BCUT2D eigenvalue weighted by atomic mass is 9.95. The van der Waals surface area contributed by atoms with E-state index in [0.717, 1.165) is 18.7 Å². The van der Waals surface area contributed by atoms with Gasteiger partial charge in [0.2, 0.25) is 0 Å². The molecular formula is C30H18N8O4. The Labute approximate surface area is 234 Å². The lowest BCUT2D eigenvalue weighted by Crippen LogP contribution is -2.38. The summed E-state index contributed by atoms with van der Waals surface area (Å²) in [6.07, 6.45) is 0. The van der Waals surface area contributed by atoms with Gasteiger partial charge in [0.15, 0.2) is 0 Å². The summed E-state index contributed by atoms with van der Waals surface area (Å²) < 4.78 is 4.35. The van der Waals surface area contributed by atoms with Gasteiger partial charge in [-0.1, -0.05) is 48.5 Å². The van der Waals surface area contributed by atoms with Gasteiger partial charge in [-0.3, -0.25) is 19.2 Å². The maximum Gasteiger partial charge on any atom is 0.279 e. The SMILES string of the molecule is N#CC1=C(N)n2c(=O)c3ccccc3c(=O)n2C1c1ccc(C2C(C#N)=C(N)n3c(=O)c4ccccc4c(=O)n32)cc1. The fraction of sp³-hybridized carbons (Fsp3) is 0.0667. The smallest absolute Gasteiger partial charge is 0.279 e. The third kappa shape index (κ3) is 2.97. The fourth-order valence-corrected chi connectivity index (χ4v) is 5.95. The van der Waals surface area contributed by atoms with Crippen molar-refractivity contribution in [2.75, 3.05) is 0 Å². The van der Waals surface area contributed by atoms with E-state index in [1.54, 1.807) is 48.5 Å². The number of nitrogens with two attached hydrogens (primary N) is 2. The average Bonchev–Trinajstić information content (AvgIpc) is 3.49. The van der Waals surface area contributed by atoms with Gasteiger partial charge in [0.1, 0.15) is 47.0 Å². The topological polar surface area (TPSA) is 188 Å². The van der Waals surface area contributed by atoms with Crippen LogP contribution in [0.1, 0.15) is 23.2 Å². The molecule has 12 nitrogen and oxygen atoms in total. The molecule has 0 radical (unpaired) electrons. The van der Waals surface area contributed by atoms with Crippen LogP contribution in [0.15, 0.2) is 103 Å². The maximum atomic E-state index is 13.6. The second-order valence-electron chi connectivity index (χ2n) is 9.92. The summed E-state index contributed by atoms with van der Waals surface area (Å²) in [5.74, 6) is -0.297. The van der Waals surface area contributed by atoms with Crippen LogP contribution in [0.25, 0.3) is 33.2 Å². The van der Waals surface area contributed by atoms with Crippen LogP contribution >= 0.6 is 0 Å². The lowest BCUT2D eigenvalue weighted by Gasteiger charge is -2.19. The molecule has 0 saturated carbocycles. The van der Waals surface area contributed by atoms with Crippen LogP contribution in [0.4, 0.5) is 0 Å². The van der Waals surface area contributed by atoms with Gasteiger partial charge < -0.3 is 11.5 Å². The van der Waals surface area contributed by atoms with Crippen LogP contribution in [-0.2, 0) is 0 Å². The molecule has 2 aromatic heterocycles. The average molecular weight is 555 g/mol. The van der Waals surface area contributed by atoms with Gasteiger partial charge in [0.05, 0.1) is 21.5 Å². The van der Waals surface area contributed by atoms with Crippen molar-refractivity contribution in [3.8, 4) is 12.1 Å². The summed E-state index contributed by atoms with van der Waals surface area (Å²) in [5, 5.41) is 20.7. The molecule has 2 aliphatic rings. The summed E-state index contributed by atoms with van der Waals surface area (Å²) >= 11 is 0. The molecule has 4 N–H and O–H groups in total. The van der Waals surface area contributed by atoms with Crippen molar-refractivity contribution in [3.63, 3.8) is 0 Å². The first kappa shape index (κ1) is 24.6. The predicted molar refractivity (Wildman–Crippen MR) is 154 cm³/mol. The number of nitriles is 2. The lowest BCUT2D eigenvalue weighted by molar-refractivity contribution is 0.533. The van der Waals surface area contributed by atoms with Gasteiger partial charge in [0.25, 0.3) is 22.2 Å². The molecule has 0 bridgehead atoms. The van der Waals surface area contributed by atoms with E-state index in [4.69, 9.17) is 11.5 Å². The third-order valence-electron chi connectivity index (χ3n) is 7.86. The van der Waals surface area contributed by atoms with Crippen LogP contribution in [-0.4, -0.2) is 18.7 Å².